The second-order valence-electron chi connectivity index (χ2n) is 4.28. The fourth-order valence-corrected chi connectivity index (χ4v) is 3.10. The standard InChI is InChI=1S/C10H19NO5S/c1-8(10(12)13)2-5-11-17(14,15)9-3-6-16-7-4-9/h8-9,11H,2-7H2,1H3,(H,12,13). The van der Waals surface area contributed by atoms with Crippen molar-refractivity contribution >= 4 is 16.0 Å². The summed E-state index contributed by atoms with van der Waals surface area (Å²) in [6, 6.07) is 0. The van der Waals surface area contributed by atoms with E-state index < -0.39 is 27.2 Å². The highest BCUT2D eigenvalue weighted by Crippen LogP contribution is 2.14. The van der Waals surface area contributed by atoms with Crippen molar-refractivity contribution in [2.45, 2.75) is 31.4 Å². The summed E-state index contributed by atoms with van der Waals surface area (Å²) in [6.07, 6.45) is 1.31. The van der Waals surface area contributed by atoms with Crippen LogP contribution in [0.1, 0.15) is 26.2 Å². The van der Waals surface area contributed by atoms with Crippen LogP contribution in [0.15, 0.2) is 0 Å². The van der Waals surface area contributed by atoms with E-state index in [4.69, 9.17) is 9.84 Å². The van der Waals surface area contributed by atoms with Crippen molar-refractivity contribution in [2.24, 2.45) is 5.92 Å². The van der Waals surface area contributed by atoms with Crippen molar-refractivity contribution in [2.75, 3.05) is 19.8 Å². The van der Waals surface area contributed by atoms with Crippen LogP contribution in [0.3, 0.4) is 0 Å². The largest absolute Gasteiger partial charge is 0.481 e. The second-order valence-corrected chi connectivity index (χ2v) is 6.32. The molecule has 1 saturated heterocycles. The van der Waals surface area contributed by atoms with Crippen LogP contribution in [0.25, 0.3) is 0 Å². The number of rotatable bonds is 6. The lowest BCUT2D eigenvalue weighted by Gasteiger charge is -2.22. The van der Waals surface area contributed by atoms with Crippen LogP contribution in [0.5, 0.6) is 0 Å². The third kappa shape index (κ3) is 4.61. The van der Waals surface area contributed by atoms with Crippen molar-refractivity contribution in [1.82, 2.24) is 4.72 Å². The fourth-order valence-electron chi connectivity index (χ4n) is 1.65. The molecule has 0 radical (unpaired) electrons. The van der Waals surface area contributed by atoms with Crippen molar-refractivity contribution in [1.29, 1.82) is 0 Å². The molecule has 0 aliphatic carbocycles. The van der Waals surface area contributed by atoms with E-state index in [2.05, 4.69) is 4.72 Å². The zero-order chi connectivity index (χ0) is 12.9. The van der Waals surface area contributed by atoms with Gasteiger partial charge in [-0.25, -0.2) is 13.1 Å². The van der Waals surface area contributed by atoms with E-state index in [1.807, 2.05) is 0 Å². The van der Waals surface area contributed by atoms with Crippen molar-refractivity contribution in [3.8, 4) is 0 Å². The van der Waals surface area contributed by atoms with Gasteiger partial charge in [0.1, 0.15) is 0 Å². The second kappa shape index (κ2) is 6.32. The molecular weight excluding hydrogens is 246 g/mol. The molecule has 0 aromatic heterocycles. The highest BCUT2D eigenvalue weighted by Gasteiger charge is 2.27. The zero-order valence-corrected chi connectivity index (χ0v) is 10.7. The Labute approximate surface area is 101 Å². The fraction of sp³-hybridized carbons (Fsp3) is 0.900. The number of carboxylic acids is 1. The predicted octanol–water partition coefficient (Wildman–Crippen LogP) is 0.196. The third-order valence-electron chi connectivity index (χ3n) is 2.91. The van der Waals surface area contributed by atoms with Gasteiger partial charge in [-0.2, -0.15) is 0 Å². The van der Waals surface area contributed by atoms with Crippen LogP contribution in [-0.2, 0) is 19.6 Å². The molecule has 0 amide bonds. The van der Waals surface area contributed by atoms with E-state index in [-0.39, 0.29) is 6.54 Å². The summed E-state index contributed by atoms with van der Waals surface area (Å²) < 4.78 is 31.2. The molecule has 1 atom stereocenters. The average molecular weight is 265 g/mol. The average Bonchev–Trinajstić information content (AvgIpc) is 2.29. The van der Waals surface area contributed by atoms with Crippen LogP contribution in [0.2, 0.25) is 0 Å². The minimum atomic E-state index is -3.33. The number of hydrogen-bond donors (Lipinski definition) is 2. The molecule has 1 aliphatic heterocycles. The molecule has 0 spiro atoms. The SMILES string of the molecule is CC(CCNS(=O)(=O)C1CCOCC1)C(=O)O. The number of aliphatic carboxylic acids is 1. The number of ether oxygens (including phenoxy) is 1. The maximum Gasteiger partial charge on any atom is 0.306 e. The lowest BCUT2D eigenvalue weighted by Crippen LogP contribution is -2.38. The molecule has 17 heavy (non-hydrogen) atoms. The van der Waals surface area contributed by atoms with E-state index in [1.54, 1.807) is 6.92 Å². The van der Waals surface area contributed by atoms with Crippen molar-refractivity contribution in [3.63, 3.8) is 0 Å². The maximum atomic E-state index is 11.8. The van der Waals surface area contributed by atoms with E-state index in [9.17, 15) is 13.2 Å². The number of sulfonamides is 1. The van der Waals surface area contributed by atoms with Gasteiger partial charge in [0.05, 0.1) is 11.2 Å². The Morgan fingerprint density at radius 1 is 1.47 bits per heavy atom. The minimum Gasteiger partial charge on any atom is -0.481 e. The topological polar surface area (TPSA) is 92.7 Å². The molecule has 0 aromatic rings. The van der Waals surface area contributed by atoms with Crippen molar-refractivity contribution < 1.29 is 23.1 Å². The summed E-state index contributed by atoms with van der Waals surface area (Å²) in [7, 11) is -3.33. The van der Waals surface area contributed by atoms with E-state index >= 15 is 0 Å². The lowest BCUT2D eigenvalue weighted by atomic mass is 10.1. The summed E-state index contributed by atoms with van der Waals surface area (Å²) in [5.74, 6) is -1.44. The minimum absolute atomic E-state index is 0.174. The summed E-state index contributed by atoms with van der Waals surface area (Å²) >= 11 is 0. The molecule has 1 rings (SSSR count). The van der Waals surface area contributed by atoms with Crippen LogP contribution < -0.4 is 4.72 Å². The Morgan fingerprint density at radius 2 is 2.06 bits per heavy atom. The quantitative estimate of drug-likeness (QED) is 0.715. The molecule has 1 fully saturated rings. The van der Waals surface area contributed by atoms with Gasteiger partial charge in [-0.15, -0.1) is 0 Å². The van der Waals surface area contributed by atoms with E-state index in [0.717, 1.165) is 0 Å². The molecule has 7 heteroatoms. The van der Waals surface area contributed by atoms with Gasteiger partial charge in [-0.3, -0.25) is 4.79 Å². The first-order valence-electron chi connectivity index (χ1n) is 5.72. The summed E-state index contributed by atoms with van der Waals surface area (Å²) in [5, 5.41) is 8.26. The van der Waals surface area contributed by atoms with Gasteiger partial charge in [-0.1, -0.05) is 6.92 Å². The van der Waals surface area contributed by atoms with Crippen LogP contribution in [0.4, 0.5) is 0 Å². The monoisotopic (exact) mass is 265 g/mol. The Hall–Kier alpha value is -0.660. The van der Waals surface area contributed by atoms with Gasteiger partial charge >= 0.3 is 5.97 Å². The smallest absolute Gasteiger partial charge is 0.306 e. The van der Waals surface area contributed by atoms with Crippen LogP contribution in [0, 0.1) is 5.92 Å². The van der Waals surface area contributed by atoms with E-state index in [0.29, 0.717) is 32.5 Å². The van der Waals surface area contributed by atoms with Gasteiger partial charge in [0, 0.05) is 19.8 Å². The summed E-state index contributed by atoms with van der Waals surface area (Å²) in [6.45, 7) is 2.67. The van der Waals surface area contributed by atoms with Gasteiger partial charge in [-0.05, 0) is 19.3 Å². The molecule has 0 saturated carbocycles. The van der Waals surface area contributed by atoms with E-state index in [1.165, 1.54) is 0 Å². The highest BCUT2D eigenvalue weighted by atomic mass is 32.2. The molecule has 1 unspecified atom stereocenters. The first-order chi connectivity index (χ1) is 7.93. The number of hydrogen-bond acceptors (Lipinski definition) is 4. The third-order valence-corrected chi connectivity index (χ3v) is 4.86. The molecule has 6 nitrogen and oxygen atoms in total. The molecule has 0 aromatic carbocycles. The Morgan fingerprint density at radius 3 is 2.59 bits per heavy atom. The molecule has 0 bridgehead atoms. The predicted molar refractivity (Wildman–Crippen MR) is 62.2 cm³/mol. The Balaban J connectivity index is 2.36. The normalized spacial score (nSPS) is 20.1. The van der Waals surface area contributed by atoms with Crippen LogP contribution in [-0.4, -0.2) is 44.5 Å². The number of carbonyl (C=O) groups is 1. The zero-order valence-electron chi connectivity index (χ0n) is 9.89. The highest BCUT2D eigenvalue weighted by molar-refractivity contribution is 7.90. The van der Waals surface area contributed by atoms with Gasteiger partial charge in [0.15, 0.2) is 0 Å². The van der Waals surface area contributed by atoms with Crippen LogP contribution >= 0.6 is 0 Å². The van der Waals surface area contributed by atoms with Gasteiger partial charge in [0.25, 0.3) is 0 Å². The Bertz CT molecular complexity index is 348. The van der Waals surface area contributed by atoms with Gasteiger partial charge < -0.3 is 9.84 Å². The molecular formula is C10H19NO5S. The first kappa shape index (κ1) is 14.4. The Kier molecular flexibility index (Phi) is 5.35. The first-order valence-corrected chi connectivity index (χ1v) is 7.27. The summed E-state index contributed by atoms with van der Waals surface area (Å²) in [4.78, 5) is 10.6. The number of carboxylic acid groups (broad SMARTS) is 1. The summed E-state index contributed by atoms with van der Waals surface area (Å²) in [5.41, 5.74) is 0. The molecule has 1 heterocycles. The maximum absolute atomic E-state index is 11.8. The number of nitrogens with one attached hydrogen (secondary N) is 1. The molecule has 1 aliphatic rings. The van der Waals surface area contributed by atoms with Gasteiger partial charge in [0.2, 0.25) is 10.0 Å². The molecule has 100 valence electrons. The lowest BCUT2D eigenvalue weighted by molar-refractivity contribution is -0.141. The molecule has 2 N–H and O–H groups in total. The van der Waals surface area contributed by atoms with Crippen molar-refractivity contribution in [3.05, 3.63) is 0 Å².